The van der Waals surface area contributed by atoms with Crippen LogP contribution in [0.5, 0.6) is 0 Å². The van der Waals surface area contributed by atoms with Gasteiger partial charge in [0.15, 0.2) is 0 Å². The van der Waals surface area contributed by atoms with Crippen molar-refractivity contribution in [1.29, 1.82) is 0 Å². The molecule has 1 aromatic rings. The summed E-state index contributed by atoms with van der Waals surface area (Å²) in [6.07, 6.45) is 0. The summed E-state index contributed by atoms with van der Waals surface area (Å²) in [4.78, 5) is 1.19. The summed E-state index contributed by atoms with van der Waals surface area (Å²) in [6, 6.07) is 8.12. The second-order valence-electron chi connectivity index (χ2n) is 1.85. The van der Waals surface area contributed by atoms with Gasteiger partial charge < -0.3 is 0 Å². The smallest absolute Gasteiger partial charge is 0.0220 e. The molecule has 47 valence electrons. The number of aryl methyl sites for hydroxylation is 1. The highest BCUT2D eigenvalue weighted by Gasteiger charge is 1.91. The van der Waals surface area contributed by atoms with E-state index in [0.717, 1.165) is 0 Å². The van der Waals surface area contributed by atoms with E-state index >= 15 is 0 Å². The maximum absolute atomic E-state index is 4.82. The Hall–Kier alpha value is -0.0800. The van der Waals surface area contributed by atoms with Gasteiger partial charge in [0.2, 0.25) is 0 Å². The normalized spacial score (nSPS) is 9.56. The Labute approximate surface area is 64.5 Å². The molecule has 2 heteroatoms. The Morgan fingerprint density at radius 2 is 2.00 bits per heavy atom. The van der Waals surface area contributed by atoms with E-state index in [1.54, 1.807) is 0 Å². The van der Waals surface area contributed by atoms with Crippen LogP contribution in [0.4, 0.5) is 0 Å². The van der Waals surface area contributed by atoms with Gasteiger partial charge in [-0.1, -0.05) is 18.2 Å². The lowest BCUT2D eigenvalue weighted by Crippen LogP contribution is -1.72. The van der Waals surface area contributed by atoms with Crippen LogP contribution < -0.4 is 0 Å². The molecule has 0 bridgehead atoms. The van der Waals surface area contributed by atoms with E-state index in [1.165, 1.54) is 21.3 Å². The molecule has 0 amide bonds. The Morgan fingerprint density at radius 1 is 1.33 bits per heavy atom. The van der Waals surface area contributed by atoms with E-state index in [-0.39, 0.29) is 0 Å². The minimum absolute atomic E-state index is 1.19. The van der Waals surface area contributed by atoms with Gasteiger partial charge in [-0.05, 0) is 41.0 Å². The molecule has 0 atom stereocenters. The SMILES string of the molecule is Cc1ccccc1S[S]. The van der Waals surface area contributed by atoms with Crippen LogP contribution in [-0.4, -0.2) is 0 Å². The van der Waals surface area contributed by atoms with Crippen LogP contribution in [0.3, 0.4) is 0 Å². The lowest BCUT2D eigenvalue weighted by molar-refractivity contribution is 1.31. The minimum atomic E-state index is 1.19. The van der Waals surface area contributed by atoms with Crippen LogP contribution in [-0.2, 0) is 0 Å². The zero-order valence-corrected chi connectivity index (χ0v) is 6.76. The molecular formula is C7H7S2. The molecule has 0 N–H and O–H groups in total. The number of rotatable bonds is 1. The van der Waals surface area contributed by atoms with Gasteiger partial charge in [-0.25, -0.2) is 0 Å². The first-order valence-corrected chi connectivity index (χ1v) is 4.44. The van der Waals surface area contributed by atoms with Crippen molar-refractivity contribution in [2.75, 3.05) is 0 Å². The highest BCUT2D eigenvalue weighted by Crippen LogP contribution is 2.23. The molecule has 0 aliphatic heterocycles. The topological polar surface area (TPSA) is 0 Å². The van der Waals surface area contributed by atoms with Crippen molar-refractivity contribution in [3.63, 3.8) is 0 Å². The molecule has 0 nitrogen and oxygen atoms in total. The first-order valence-electron chi connectivity index (χ1n) is 2.70. The van der Waals surface area contributed by atoms with Crippen molar-refractivity contribution >= 4 is 22.5 Å². The molecule has 0 fully saturated rings. The van der Waals surface area contributed by atoms with Gasteiger partial charge in [0.05, 0.1) is 0 Å². The van der Waals surface area contributed by atoms with Crippen LogP contribution >= 0.6 is 22.5 Å². The maximum atomic E-state index is 4.82. The van der Waals surface area contributed by atoms with E-state index in [0.29, 0.717) is 0 Å². The van der Waals surface area contributed by atoms with Gasteiger partial charge in [-0.2, -0.15) is 0 Å². The fourth-order valence-electron chi connectivity index (χ4n) is 0.650. The molecule has 0 saturated carbocycles. The van der Waals surface area contributed by atoms with E-state index in [4.69, 9.17) is 11.7 Å². The van der Waals surface area contributed by atoms with Crippen molar-refractivity contribution in [3.8, 4) is 0 Å². The summed E-state index contributed by atoms with van der Waals surface area (Å²) < 4.78 is 0. The Bertz CT molecular complexity index is 196. The predicted octanol–water partition coefficient (Wildman–Crippen LogP) is 3.20. The summed E-state index contributed by atoms with van der Waals surface area (Å²) in [5.41, 5.74) is 1.26. The average molecular weight is 155 g/mol. The molecule has 9 heavy (non-hydrogen) atoms. The van der Waals surface area contributed by atoms with Gasteiger partial charge in [0.25, 0.3) is 0 Å². The second kappa shape index (κ2) is 3.18. The number of hydrogen-bond donors (Lipinski definition) is 0. The molecule has 0 spiro atoms. The zero-order chi connectivity index (χ0) is 6.69. The first-order chi connectivity index (χ1) is 4.34. The molecule has 0 saturated heterocycles. The Morgan fingerprint density at radius 3 is 2.44 bits per heavy atom. The van der Waals surface area contributed by atoms with Gasteiger partial charge >= 0.3 is 0 Å². The highest BCUT2D eigenvalue weighted by atomic mass is 33.1. The van der Waals surface area contributed by atoms with E-state index in [9.17, 15) is 0 Å². The van der Waals surface area contributed by atoms with Gasteiger partial charge in [-0.3, -0.25) is 0 Å². The molecule has 0 aliphatic rings. The molecular weight excluding hydrogens is 148 g/mol. The third-order valence-electron chi connectivity index (χ3n) is 1.18. The van der Waals surface area contributed by atoms with Crippen molar-refractivity contribution < 1.29 is 0 Å². The Balaban J connectivity index is 3.01. The standard InChI is InChI=1S/C7H7S2/c1-6-4-2-3-5-7(6)9-8/h2-5H,1H3. The van der Waals surface area contributed by atoms with E-state index < -0.39 is 0 Å². The van der Waals surface area contributed by atoms with Gasteiger partial charge in [-0.15, -0.1) is 0 Å². The summed E-state index contributed by atoms with van der Waals surface area (Å²) in [6.45, 7) is 2.06. The van der Waals surface area contributed by atoms with Crippen LogP contribution in [0, 0.1) is 6.92 Å². The van der Waals surface area contributed by atoms with Gasteiger partial charge in [0, 0.05) is 4.90 Å². The quantitative estimate of drug-likeness (QED) is 0.561. The lowest BCUT2D eigenvalue weighted by Gasteiger charge is -1.96. The molecule has 1 aromatic carbocycles. The van der Waals surface area contributed by atoms with Crippen LogP contribution in [0.15, 0.2) is 29.2 Å². The molecule has 0 aliphatic carbocycles. The van der Waals surface area contributed by atoms with Crippen molar-refractivity contribution in [3.05, 3.63) is 29.8 Å². The molecule has 0 heterocycles. The van der Waals surface area contributed by atoms with Crippen LogP contribution in [0.1, 0.15) is 5.56 Å². The fourth-order valence-corrected chi connectivity index (χ4v) is 1.54. The van der Waals surface area contributed by atoms with Crippen molar-refractivity contribution in [1.82, 2.24) is 0 Å². The summed E-state index contributed by atoms with van der Waals surface area (Å²) in [5, 5.41) is 0. The minimum Gasteiger partial charge on any atom is -0.0619 e. The van der Waals surface area contributed by atoms with Crippen molar-refractivity contribution in [2.45, 2.75) is 11.8 Å². The maximum Gasteiger partial charge on any atom is 0.0220 e. The predicted molar refractivity (Wildman–Crippen MR) is 44.6 cm³/mol. The summed E-state index contributed by atoms with van der Waals surface area (Å²) in [7, 11) is 1.38. The fraction of sp³-hybridized carbons (Fsp3) is 0.143. The monoisotopic (exact) mass is 155 g/mol. The second-order valence-corrected chi connectivity index (χ2v) is 2.96. The largest absolute Gasteiger partial charge is 0.0619 e. The van der Waals surface area contributed by atoms with Crippen LogP contribution in [0.2, 0.25) is 0 Å². The molecule has 1 radical (unpaired) electrons. The van der Waals surface area contributed by atoms with Gasteiger partial charge in [0.1, 0.15) is 0 Å². The highest BCUT2D eigenvalue weighted by molar-refractivity contribution is 8.68. The van der Waals surface area contributed by atoms with E-state index in [2.05, 4.69) is 13.0 Å². The van der Waals surface area contributed by atoms with Crippen molar-refractivity contribution in [2.24, 2.45) is 0 Å². The Kier molecular flexibility index (Phi) is 2.49. The number of hydrogen-bond acceptors (Lipinski definition) is 1. The summed E-state index contributed by atoms with van der Waals surface area (Å²) >= 11 is 4.82. The van der Waals surface area contributed by atoms with E-state index in [1.807, 2.05) is 18.2 Å². The average Bonchev–Trinajstić information content (AvgIpc) is 1.89. The number of benzene rings is 1. The zero-order valence-electron chi connectivity index (χ0n) is 5.13. The molecule has 0 aromatic heterocycles. The lowest BCUT2D eigenvalue weighted by atomic mass is 10.2. The molecule has 1 rings (SSSR count). The third-order valence-corrected chi connectivity index (χ3v) is 2.36. The first kappa shape index (κ1) is 7.03. The van der Waals surface area contributed by atoms with Crippen LogP contribution in [0.25, 0.3) is 0 Å². The third kappa shape index (κ3) is 1.66. The molecule has 0 unspecified atom stereocenters. The summed E-state index contributed by atoms with van der Waals surface area (Å²) in [5.74, 6) is 0.